The Morgan fingerprint density at radius 2 is 1.87 bits per heavy atom. The van der Waals surface area contributed by atoms with Crippen molar-refractivity contribution in [1.82, 2.24) is 4.90 Å². The molecular formula is C24H26N4O3. The Morgan fingerprint density at radius 3 is 2.65 bits per heavy atom. The first-order valence-corrected chi connectivity index (χ1v) is 10.6. The quantitative estimate of drug-likeness (QED) is 0.806. The van der Waals surface area contributed by atoms with E-state index in [1.807, 2.05) is 61.2 Å². The zero-order valence-corrected chi connectivity index (χ0v) is 17.9. The Kier molecular flexibility index (Phi) is 5.84. The Morgan fingerprint density at radius 1 is 1.03 bits per heavy atom. The van der Waals surface area contributed by atoms with Crippen LogP contribution in [0.1, 0.15) is 42.4 Å². The third-order valence-corrected chi connectivity index (χ3v) is 5.62. The van der Waals surface area contributed by atoms with Crippen LogP contribution < -0.4 is 10.3 Å². The van der Waals surface area contributed by atoms with Crippen LogP contribution in [-0.2, 0) is 20.9 Å². The minimum Gasteiger partial charge on any atom is -0.338 e. The molecule has 2 heterocycles. The number of likely N-dealkylation sites (tertiary alicyclic amines) is 1. The normalized spacial score (nSPS) is 16.5. The molecule has 1 fully saturated rings. The van der Waals surface area contributed by atoms with Crippen LogP contribution in [0.15, 0.2) is 47.6 Å². The van der Waals surface area contributed by atoms with E-state index in [2.05, 4.69) is 10.4 Å². The molecule has 0 saturated carbocycles. The van der Waals surface area contributed by atoms with Crippen LogP contribution in [0.25, 0.3) is 0 Å². The maximum Gasteiger partial charge on any atom is 0.271 e. The molecule has 1 saturated heterocycles. The van der Waals surface area contributed by atoms with Crippen molar-refractivity contribution in [3.8, 4) is 0 Å². The summed E-state index contributed by atoms with van der Waals surface area (Å²) in [5, 5.41) is 8.62. The lowest BCUT2D eigenvalue weighted by atomic mass is 10.1. The Bertz CT molecular complexity index is 1080. The van der Waals surface area contributed by atoms with Crippen molar-refractivity contribution in [2.75, 3.05) is 16.9 Å². The summed E-state index contributed by atoms with van der Waals surface area (Å²) in [6, 6.07) is 13.3. The van der Waals surface area contributed by atoms with Crippen LogP contribution in [-0.4, -0.2) is 34.9 Å². The Hall–Kier alpha value is -3.48. The molecule has 7 nitrogen and oxygen atoms in total. The molecule has 0 radical (unpaired) electrons. The van der Waals surface area contributed by atoms with Gasteiger partial charge in [0.15, 0.2) is 0 Å². The van der Waals surface area contributed by atoms with E-state index in [0.29, 0.717) is 36.5 Å². The van der Waals surface area contributed by atoms with Crippen LogP contribution in [0.5, 0.6) is 0 Å². The number of nitrogens with one attached hydrogen (secondary N) is 1. The summed E-state index contributed by atoms with van der Waals surface area (Å²) >= 11 is 0. The van der Waals surface area contributed by atoms with E-state index in [4.69, 9.17) is 0 Å². The van der Waals surface area contributed by atoms with Gasteiger partial charge in [0.1, 0.15) is 5.71 Å². The van der Waals surface area contributed by atoms with Crippen LogP contribution >= 0.6 is 0 Å². The minimum absolute atomic E-state index is 0.123. The fraction of sp³-hybridized carbons (Fsp3) is 0.333. The first kappa shape index (κ1) is 20.8. The molecule has 31 heavy (non-hydrogen) atoms. The van der Waals surface area contributed by atoms with E-state index in [1.165, 1.54) is 5.01 Å². The van der Waals surface area contributed by atoms with E-state index in [-0.39, 0.29) is 24.1 Å². The van der Waals surface area contributed by atoms with Crippen molar-refractivity contribution >= 4 is 34.8 Å². The fourth-order valence-corrected chi connectivity index (χ4v) is 3.89. The van der Waals surface area contributed by atoms with Gasteiger partial charge in [0.05, 0.1) is 5.69 Å². The molecular weight excluding hydrogens is 392 g/mol. The van der Waals surface area contributed by atoms with Crippen LogP contribution in [0.3, 0.4) is 0 Å². The molecule has 3 amide bonds. The lowest BCUT2D eigenvalue weighted by Gasteiger charge is -2.25. The van der Waals surface area contributed by atoms with Gasteiger partial charge in [-0.05, 0) is 55.2 Å². The van der Waals surface area contributed by atoms with Gasteiger partial charge in [-0.2, -0.15) is 5.10 Å². The third-order valence-electron chi connectivity index (χ3n) is 5.62. The molecule has 2 aromatic rings. The van der Waals surface area contributed by atoms with E-state index in [0.717, 1.165) is 29.7 Å². The monoisotopic (exact) mass is 418 g/mol. The highest BCUT2D eigenvalue weighted by atomic mass is 16.2. The van der Waals surface area contributed by atoms with Crippen molar-refractivity contribution < 1.29 is 14.4 Å². The van der Waals surface area contributed by atoms with Gasteiger partial charge in [-0.1, -0.05) is 24.3 Å². The second-order valence-corrected chi connectivity index (χ2v) is 8.12. The Balaban J connectivity index is 1.50. The molecule has 0 unspecified atom stereocenters. The van der Waals surface area contributed by atoms with Gasteiger partial charge in [0.2, 0.25) is 11.8 Å². The molecule has 2 aliphatic heterocycles. The number of nitrogens with zero attached hydrogens (tertiary/aromatic N) is 3. The minimum atomic E-state index is -0.322. The highest BCUT2D eigenvalue weighted by Gasteiger charge is 2.27. The summed E-state index contributed by atoms with van der Waals surface area (Å²) in [6.45, 7) is 5.19. The van der Waals surface area contributed by atoms with E-state index in [9.17, 15) is 14.4 Å². The number of hydrogen-bond acceptors (Lipinski definition) is 4. The van der Waals surface area contributed by atoms with Crippen molar-refractivity contribution in [3.63, 3.8) is 0 Å². The zero-order chi connectivity index (χ0) is 22.0. The summed E-state index contributed by atoms with van der Waals surface area (Å²) in [7, 11) is 0. The number of carbonyl (C=O) groups is 3. The van der Waals surface area contributed by atoms with E-state index < -0.39 is 0 Å². The second kappa shape index (κ2) is 8.71. The number of aryl methyl sites for hydroxylation is 2. The van der Waals surface area contributed by atoms with Gasteiger partial charge in [0.25, 0.3) is 5.91 Å². The average molecular weight is 418 g/mol. The number of amides is 3. The number of rotatable bonds is 5. The topological polar surface area (TPSA) is 82.1 Å². The summed E-state index contributed by atoms with van der Waals surface area (Å²) in [5.74, 6) is -0.276. The molecule has 0 spiro atoms. The summed E-state index contributed by atoms with van der Waals surface area (Å²) in [6.07, 6.45) is 2.03. The summed E-state index contributed by atoms with van der Waals surface area (Å²) in [4.78, 5) is 39.1. The van der Waals surface area contributed by atoms with Crippen molar-refractivity contribution in [2.24, 2.45) is 5.10 Å². The lowest BCUT2D eigenvalue weighted by molar-refractivity contribution is -0.128. The van der Waals surface area contributed by atoms with Crippen molar-refractivity contribution in [2.45, 2.75) is 46.1 Å². The van der Waals surface area contributed by atoms with Gasteiger partial charge in [-0.25, -0.2) is 5.01 Å². The van der Waals surface area contributed by atoms with E-state index >= 15 is 0 Å². The molecule has 7 heteroatoms. The number of carbonyl (C=O) groups excluding carboxylic acids is 3. The first-order valence-electron chi connectivity index (χ1n) is 10.6. The Labute approximate surface area is 181 Å². The average Bonchev–Trinajstić information content (AvgIpc) is 3.15. The first-order chi connectivity index (χ1) is 14.9. The van der Waals surface area contributed by atoms with Gasteiger partial charge < -0.3 is 10.2 Å². The van der Waals surface area contributed by atoms with Gasteiger partial charge in [-0.3, -0.25) is 14.4 Å². The second-order valence-electron chi connectivity index (χ2n) is 8.12. The number of hydrazone groups is 1. The maximum absolute atomic E-state index is 12.9. The van der Waals surface area contributed by atoms with Crippen LogP contribution in [0.2, 0.25) is 0 Å². The third kappa shape index (κ3) is 4.66. The predicted octanol–water partition coefficient (Wildman–Crippen LogP) is 3.55. The molecule has 0 atom stereocenters. The standard InChI is InChI=1S/C24H26N4O3/c1-16-8-9-17(2)21(13-16)28-23(30)11-10-20(26-28)24(31)25-19-6-3-5-18(14-19)15-27-12-4-7-22(27)29/h3,5-6,8-9,13-14H,4,7,10-12,15H2,1-2H3,(H,25,31). The lowest BCUT2D eigenvalue weighted by Crippen LogP contribution is -2.36. The SMILES string of the molecule is Cc1ccc(C)c(N2N=C(C(=O)Nc3cccc(CN4CCCC4=O)c3)CCC2=O)c1. The molecule has 0 aliphatic carbocycles. The summed E-state index contributed by atoms with van der Waals surface area (Å²) in [5.41, 5.74) is 4.58. The summed E-state index contributed by atoms with van der Waals surface area (Å²) < 4.78 is 0. The van der Waals surface area contributed by atoms with Gasteiger partial charge >= 0.3 is 0 Å². The highest BCUT2D eigenvalue weighted by molar-refractivity contribution is 6.44. The van der Waals surface area contributed by atoms with Crippen molar-refractivity contribution in [3.05, 3.63) is 59.2 Å². The van der Waals surface area contributed by atoms with Gasteiger partial charge in [0, 0.05) is 38.0 Å². The molecule has 0 bridgehead atoms. The van der Waals surface area contributed by atoms with Crippen LogP contribution in [0.4, 0.5) is 11.4 Å². The molecule has 160 valence electrons. The molecule has 2 aliphatic rings. The van der Waals surface area contributed by atoms with E-state index in [1.54, 1.807) is 0 Å². The van der Waals surface area contributed by atoms with Gasteiger partial charge in [-0.15, -0.1) is 0 Å². The highest BCUT2D eigenvalue weighted by Crippen LogP contribution is 2.26. The molecule has 1 N–H and O–H groups in total. The predicted molar refractivity (Wildman–Crippen MR) is 120 cm³/mol. The maximum atomic E-state index is 12.9. The zero-order valence-electron chi connectivity index (χ0n) is 17.9. The number of benzene rings is 2. The van der Waals surface area contributed by atoms with Crippen LogP contribution in [0, 0.1) is 13.8 Å². The molecule has 0 aromatic heterocycles. The number of anilines is 2. The molecule has 2 aromatic carbocycles. The fourth-order valence-electron chi connectivity index (χ4n) is 3.89. The number of hydrogen-bond donors (Lipinski definition) is 1. The smallest absolute Gasteiger partial charge is 0.271 e. The molecule has 4 rings (SSSR count). The van der Waals surface area contributed by atoms with Crippen molar-refractivity contribution in [1.29, 1.82) is 0 Å². The largest absolute Gasteiger partial charge is 0.338 e.